The van der Waals surface area contributed by atoms with Crippen molar-refractivity contribution in [1.82, 2.24) is 15.0 Å². The molecular formula is C5H2ClN7. The van der Waals surface area contributed by atoms with Crippen LogP contribution in [0.1, 0.15) is 0 Å². The molecule has 7 nitrogen and oxygen atoms in total. The Morgan fingerprint density at radius 1 is 1.00 bits per heavy atom. The van der Waals surface area contributed by atoms with Gasteiger partial charge in [0.2, 0.25) is 17.2 Å². The summed E-state index contributed by atoms with van der Waals surface area (Å²) >= 11 is 5.46. The maximum atomic E-state index is 8.24. The number of nitriles is 2. The first kappa shape index (κ1) is 8.97. The van der Waals surface area contributed by atoms with Crippen LogP contribution in [0.15, 0.2) is 0 Å². The van der Waals surface area contributed by atoms with Gasteiger partial charge in [-0.3, -0.25) is 10.6 Å². The molecule has 0 atom stereocenters. The summed E-state index contributed by atoms with van der Waals surface area (Å²) < 4.78 is 0. The van der Waals surface area contributed by atoms with Crippen LogP contribution in [0.4, 0.5) is 11.9 Å². The third-order valence-electron chi connectivity index (χ3n) is 0.944. The third-order valence-corrected chi connectivity index (χ3v) is 1.11. The van der Waals surface area contributed by atoms with Crippen molar-refractivity contribution in [2.75, 3.05) is 10.6 Å². The van der Waals surface area contributed by atoms with Gasteiger partial charge in [0.15, 0.2) is 12.4 Å². The average Bonchev–Trinajstić information content (AvgIpc) is 2.04. The highest BCUT2D eigenvalue weighted by Gasteiger charge is 2.02. The molecule has 1 aromatic rings. The first-order valence-electron chi connectivity index (χ1n) is 2.98. The van der Waals surface area contributed by atoms with Gasteiger partial charge >= 0.3 is 0 Å². The highest BCUT2D eigenvalue weighted by Crippen LogP contribution is 2.08. The molecule has 64 valence electrons. The zero-order valence-electron chi connectivity index (χ0n) is 6.11. The van der Waals surface area contributed by atoms with Gasteiger partial charge in [0.25, 0.3) is 0 Å². The number of nitrogens with zero attached hydrogens (tertiary/aromatic N) is 5. The maximum Gasteiger partial charge on any atom is 0.242 e. The molecule has 1 heterocycles. The van der Waals surface area contributed by atoms with E-state index in [0.717, 1.165) is 0 Å². The summed E-state index contributed by atoms with van der Waals surface area (Å²) in [4.78, 5) is 10.8. The summed E-state index contributed by atoms with van der Waals surface area (Å²) in [7, 11) is 0. The zero-order valence-corrected chi connectivity index (χ0v) is 6.87. The Bertz CT molecular complexity index is 355. The second-order valence-electron chi connectivity index (χ2n) is 1.73. The van der Waals surface area contributed by atoms with E-state index in [4.69, 9.17) is 22.1 Å². The van der Waals surface area contributed by atoms with Crippen molar-refractivity contribution in [2.45, 2.75) is 0 Å². The van der Waals surface area contributed by atoms with Crippen LogP contribution in [-0.2, 0) is 0 Å². The molecule has 0 aliphatic carbocycles. The molecule has 0 radical (unpaired) electrons. The minimum Gasteiger partial charge on any atom is -0.260 e. The van der Waals surface area contributed by atoms with Crippen LogP contribution in [0.25, 0.3) is 0 Å². The molecule has 0 bridgehead atoms. The number of hydrogen-bond donors (Lipinski definition) is 2. The Hall–Kier alpha value is -2.12. The number of anilines is 2. The number of hydrogen-bond acceptors (Lipinski definition) is 7. The first-order valence-corrected chi connectivity index (χ1v) is 3.36. The average molecular weight is 196 g/mol. The molecule has 0 fully saturated rings. The molecule has 2 N–H and O–H groups in total. The van der Waals surface area contributed by atoms with E-state index in [9.17, 15) is 0 Å². The van der Waals surface area contributed by atoms with Crippen LogP contribution in [0, 0.1) is 22.9 Å². The van der Waals surface area contributed by atoms with E-state index in [1.54, 1.807) is 12.4 Å². The highest BCUT2D eigenvalue weighted by atomic mass is 35.5. The zero-order chi connectivity index (χ0) is 9.68. The second kappa shape index (κ2) is 4.04. The molecule has 0 amide bonds. The molecule has 13 heavy (non-hydrogen) atoms. The van der Waals surface area contributed by atoms with Crippen molar-refractivity contribution in [3.8, 4) is 12.4 Å². The molecule has 0 saturated heterocycles. The van der Waals surface area contributed by atoms with Gasteiger partial charge < -0.3 is 0 Å². The van der Waals surface area contributed by atoms with E-state index >= 15 is 0 Å². The number of nitrogens with one attached hydrogen (secondary N) is 2. The van der Waals surface area contributed by atoms with Gasteiger partial charge in [-0.1, -0.05) is 0 Å². The fourth-order valence-corrected chi connectivity index (χ4v) is 0.722. The summed E-state index contributed by atoms with van der Waals surface area (Å²) in [5, 5.41) is 20.7. The smallest absolute Gasteiger partial charge is 0.242 e. The van der Waals surface area contributed by atoms with Crippen LogP contribution in [0.3, 0.4) is 0 Å². The lowest BCUT2D eigenvalue weighted by molar-refractivity contribution is 1.06. The molecular weight excluding hydrogens is 194 g/mol. The summed E-state index contributed by atoms with van der Waals surface area (Å²) in [5.74, 6) is -0.0273. The normalized spacial score (nSPS) is 8.23. The topological polar surface area (TPSA) is 110 Å². The molecule has 0 saturated carbocycles. The van der Waals surface area contributed by atoms with Crippen molar-refractivity contribution in [1.29, 1.82) is 10.5 Å². The van der Waals surface area contributed by atoms with Gasteiger partial charge in [-0.15, -0.1) is 0 Å². The van der Waals surface area contributed by atoms with Crippen molar-refractivity contribution in [2.24, 2.45) is 0 Å². The van der Waals surface area contributed by atoms with E-state index in [-0.39, 0.29) is 17.2 Å². The Balaban J connectivity index is 2.99. The standard InChI is InChI=1S/C5H2ClN7/c6-3-11-4(9-1-7)13-5(12-3)10-2-8/h(H2,9,10,11,12,13). The van der Waals surface area contributed by atoms with E-state index in [1.165, 1.54) is 0 Å². The quantitative estimate of drug-likeness (QED) is 0.516. The molecule has 0 aliphatic rings. The van der Waals surface area contributed by atoms with Crippen molar-refractivity contribution in [3.05, 3.63) is 5.28 Å². The Kier molecular flexibility index (Phi) is 2.79. The van der Waals surface area contributed by atoms with Gasteiger partial charge in [0.05, 0.1) is 0 Å². The van der Waals surface area contributed by atoms with E-state index < -0.39 is 0 Å². The van der Waals surface area contributed by atoms with Gasteiger partial charge in [-0.25, -0.2) is 0 Å². The lowest BCUT2D eigenvalue weighted by Gasteiger charge is -1.98. The van der Waals surface area contributed by atoms with Gasteiger partial charge in [0, 0.05) is 0 Å². The Morgan fingerprint density at radius 3 is 1.85 bits per heavy atom. The Morgan fingerprint density at radius 2 is 1.46 bits per heavy atom. The molecule has 0 unspecified atom stereocenters. The number of halogens is 1. The monoisotopic (exact) mass is 195 g/mol. The fraction of sp³-hybridized carbons (Fsp3) is 0. The maximum absolute atomic E-state index is 8.24. The molecule has 0 spiro atoms. The second-order valence-corrected chi connectivity index (χ2v) is 2.06. The number of aromatic nitrogens is 3. The predicted molar refractivity (Wildman–Crippen MR) is 43.3 cm³/mol. The van der Waals surface area contributed by atoms with Crippen LogP contribution in [0.5, 0.6) is 0 Å². The predicted octanol–water partition coefficient (Wildman–Crippen LogP) is 0.311. The van der Waals surface area contributed by atoms with Gasteiger partial charge in [-0.05, 0) is 11.6 Å². The summed E-state index contributed by atoms with van der Waals surface area (Å²) in [6, 6.07) is 0. The van der Waals surface area contributed by atoms with E-state index in [1.807, 2.05) is 0 Å². The minimum absolute atomic E-state index is 0.0137. The van der Waals surface area contributed by atoms with Crippen LogP contribution in [-0.4, -0.2) is 15.0 Å². The molecule has 1 aromatic heterocycles. The molecule has 1 rings (SSSR count). The van der Waals surface area contributed by atoms with Gasteiger partial charge in [0.1, 0.15) is 0 Å². The molecule has 8 heteroatoms. The van der Waals surface area contributed by atoms with Crippen LogP contribution < -0.4 is 10.6 Å². The van der Waals surface area contributed by atoms with Crippen LogP contribution in [0.2, 0.25) is 5.28 Å². The van der Waals surface area contributed by atoms with Crippen molar-refractivity contribution < 1.29 is 0 Å². The SMILES string of the molecule is N#CNc1nc(Cl)nc(NC#N)n1. The number of rotatable bonds is 2. The van der Waals surface area contributed by atoms with E-state index in [2.05, 4.69) is 25.6 Å². The first-order chi connectivity index (χ1) is 6.26. The lowest BCUT2D eigenvalue weighted by Crippen LogP contribution is -2.02. The fourth-order valence-electron chi connectivity index (χ4n) is 0.562. The minimum atomic E-state index is -0.106. The summed E-state index contributed by atoms with van der Waals surface area (Å²) in [5.41, 5.74) is 0. The van der Waals surface area contributed by atoms with Gasteiger partial charge in [-0.2, -0.15) is 25.5 Å². The van der Waals surface area contributed by atoms with E-state index in [0.29, 0.717) is 0 Å². The summed E-state index contributed by atoms with van der Waals surface area (Å²) in [6.45, 7) is 0. The van der Waals surface area contributed by atoms with Crippen molar-refractivity contribution in [3.63, 3.8) is 0 Å². The largest absolute Gasteiger partial charge is 0.260 e. The highest BCUT2D eigenvalue weighted by molar-refractivity contribution is 6.28. The lowest BCUT2D eigenvalue weighted by atomic mass is 10.8. The summed E-state index contributed by atoms with van der Waals surface area (Å²) in [6.07, 6.45) is 3.22. The molecule has 0 aromatic carbocycles. The third kappa shape index (κ3) is 2.43. The Labute approximate surface area is 78.0 Å². The van der Waals surface area contributed by atoms with Crippen LogP contribution >= 0.6 is 11.6 Å². The van der Waals surface area contributed by atoms with Crippen molar-refractivity contribution >= 4 is 23.5 Å². The molecule has 0 aliphatic heterocycles.